The van der Waals surface area contributed by atoms with E-state index in [1.165, 1.54) is 72.6 Å². The van der Waals surface area contributed by atoms with Crippen molar-refractivity contribution in [1.82, 2.24) is 25.3 Å². The quantitative estimate of drug-likeness (QED) is 0.0118. The zero-order chi connectivity index (χ0) is 91.9. The molecule has 9 atom stereocenters. The van der Waals surface area contributed by atoms with E-state index < -0.39 is 120 Å². The molecule has 6 heterocycles. The van der Waals surface area contributed by atoms with Gasteiger partial charge in [-0.25, -0.2) is 14.5 Å². The Kier molecular flexibility index (Phi) is 38.3. The van der Waals surface area contributed by atoms with Gasteiger partial charge in [0.15, 0.2) is 40.8 Å². The summed E-state index contributed by atoms with van der Waals surface area (Å²) in [7, 11) is 2.74. The van der Waals surface area contributed by atoms with E-state index in [9.17, 15) is 78.5 Å². The number of nitrogens with one attached hydrogen (secondary N) is 2. The summed E-state index contributed by atoms with van der Waals surface area (Å²) in [5.74, 6) is -3.82. The van der Waals surface area contributed by atoms with Crippen molar-refractivity contribution in [2.45, 2.75) is 128 Å². The van der Waals surface area contributed by atoms with Crippen molar-refractivity contribution >= 4 is 76.3 Å². The monoisotopic (exact) mass is 1790 g/mol. The molecule has 0 spiro atoms. The van der Waals surface area contributed by atoms with Gasteiger partial charge in [0.1, 0.15) is 37.3 Å². The number of benzene rings is 4. The van der Waals surface area contributed by atoms with Gasteiger partial charge < -0.3 is 117 Å². The molecule has 0 saturated carbocycles. The molecule has 8 amide bonds. The van der Waals surface area contributed by atoms with Crippen LogP contribution in [-0.4, -0.2) is 321 Å². The van der Waals surface area contributed by atoms with E-state index >= 15 is 0 Å². The van der Waals surface area contributed by atoms with E-state index in [1.54, 1.807) is 36.1 Å². The Morgan fingerprint density at radius 2 is 1.10 bits per heavy atom. The molecule has 6 aliphatic rings. The summed E-state index contributed by atoms with van der Waals surface area (Å²) in [5.41, 5.74) is 2.20. The van der Waals surface area contributed by atoms with Crippen LogP contribution in [0.4, 0.5) is 26.7 Å². The summed E-state index contributed by atoms with van der Waals surface area (Å²) < 4.78 is 90.6. The first-order chi connectivity index (χ1) is 61.6. The highest BCUT2D eigenvalue weighted by molar-refractivity contribution is 6.13. The molecule has 4 aromatic carbocycles. The molecule has 10 rings (SSSR count). The molecule has 3 fully saturated rings. The van der Waals surface area contributed by atoms with Crippen LogP contribution in [0, 0.1) is 22.0 Å². The molecule has 698 valence electrons. The summed E-state index contributed by atoms with van der Waals surface area (Å²) in [5, 5.41) is 60.2. The standard InChI is InChI=1S/C88H114N8O32/c1-54(2)63(43-62(97)18-23-115-25-27-117-29-31-119-33-35-121-37-38-122-36-34-120-32-30-118-28-26-116-24-19-89-77(100)17-20-91-78(101)15-16-79(91)102)82(105)90-57(5)70(98)42-58-9-11-59(12-10-58)51-127-88(110)95-67-47-76(74(114-7)45-65(67)84(107)93-49-56(4)40-69(93)85(95)108)124-22-8-21-123-75-46-66-64(44-73(75)113-6)83(106)92-48-55(3)39-61(92)50-94(66)87(109)126-52-60-13-14-72(68(41-60)96(111)112)128-86-81(104)80(103)71(99)53-125-86/h9-16,41,44-47,54,57,61,63,69,71,80-81,85-86,99,103-104,108H,3-4,8,17-40,42-43,48-53H2,1-2,5-7H3,(H,89,100)(H,90,105)/t57-,61-,63-,69-,71+,80-,81+,85?,86-/m0/s1. The lowest BCUT2D eigenvalue weighted by atomic mass is 9.88. The van der Waals surface area contributed by atoms with E-state index in [4.69, 9.17) is 75.8 Å². The first kappa shape index (κ1) is 99.0. The number of nitro groups is 1. The number of methoxy groups -OCH3 is 2. The first-order valence-electron chi connectivity index (χ1n) is 42.3. The lowest BCUT2D eigenvalue weighted by Gasteiger charge is -2.34. The molecule has 0 bridgehead atoms. The minimum absolute atomic E-state index is 0.00782. The van der Waals surface area contributed by atoms with E-state index in [0.717, 1.165) is 21.4 Å². The Hall–Kier alpha value is -11.1. The highest BCUT2D eigenvalue weighted by Gasteiger charge is 2.48. The van der Waals surface area contributed by atoms with Crippen molar-refractivity contribution < 1.29 is 149 Å². The SMILES string of the molecule is C=C1C[C@H]2CN(C(=O)OCc3ccc(O[C@@H]4OC[C@@H](O)[C@H](O)[C@H]4O)c([N+](=O)[O-])c3)c3cc(OCCCOc4cc5c(cc4OC)C(=O)N4CC(=C)C[C@H]4C(O)N5C(=O)OCc4ccc(CC(=O)[C@H](C)NC(=O)[C@@H](CC(=O)CCOCCOCCOCCOCCOCCOCCOCCOCCNC(=O)CCN5C(=O)C=CC5=O)C(C)C)cc4)c(OC)cc3C(=O)N2C1. The van der Waals surface area contributed by atoms with Crippen LogP contribution in [0.25, 0.3) is 0 Å². The van der Waals surface area contributed by atoms with Crippen molar-refractivity contribution in [1.29, 1.82) is 0 Å². The second-order valence-electron chi connectivity index (χ2n) is 31.2. The second kappa shape index (κ2) is 49.4. The number of aliphatic hydroxyl groups excluding tert-OH is 4. The molecular weight excluding hydrogens is 1680 g/mol. The Balaban J connectivity index is 0.611. The minimum Gasteiger partial charge on any atom is -0.493 e. The molecule has 128 heavy (non-hydrogen) atoms. The summed E-state index contributed by atoms with van der Waals surface area (Å²) in [6, 6.07) is 13.7. The number of rotatable bonds is 53. The minimum atomic E-state index is -1.74. The maximum atomic E-state index is 14.5. The predicted octanol–water partition coefficient (Wildman–Crippen LogP) is 4.25. The van der Waals surface area contributed by atoms with E-state index in [0.29, 0.717) is 102 Å². The van der Waals surface area contributed by atoms with Crippen LogP contribution < -0.4 is 44.1 Å². The molecule has 0 radical (unpaired) electrons. The van der Waals surface area contributed by atoms with Gasteiger partial charge in [-0.15, -0.1) is 0 Å². The van der Waals surface area contributed by atoms with Gasteiger partial charge in [-0.05, 0) is 60.6 Å². The average Bonchev–Trinajstić information content (AvgIpc) is 1.58. The van der Waals surface area contributed by atoms with Crippen LogP contribution >= 0.6 is 0 Å². The molecule has 40 nitrogen and oxygen atoms in total. The molecule has 6 aliphatic heterocycles. The fourth-order valence-electron chi connectivity index (χ4n) is 14.6. The lowest BCUT2D eigenvalue weighted by molar-refractivity contribution is -0.386. The van der Waals surface area contributed by atoms with Crippen molar-refractivity contribution in [2.24, 2.45) is 11.8 Å². The second-order valence-corrected chi connectivity index (χ2v) is 31.2. The fourth-order valence-corrected chi connectivity index (χ4v) is 14.6. The summed E-state index contributed by atoms with van der Waals surface area (Å²) in [4.78, 5) is 151. The van der Waals surface area contributed by atoms with Gasteiger partial charge in [-0.1, -0.05) is 68.5 Å². The van der Waals surface area contributed by atoms with Gasteiger partial charge in [0.25, 0.3) is 23.6 Å². The predicted molar refractivity (Wildman–Crippen MR) is 452 cm³/mol. The first-order valence-corrected chi connectivity index (χ1v) is 42.3. The number of aliphatic hydroxyl groups is 4. The third kappa shape index (κ3) is 27.9. The van der Waals surface area contributed by atoms with Crippen molar-refractivity contribution in [3.63, 3.8) is 0 Å². The van der Waals surface area contributed by atoms with Crippen LogP contribution in [0.15, 0.2) is 103 Å². The number of imide groups is 1. The fraction of sp³-hybridized carbons (Fsp3) is 0.545. The molecule has 4 aromatic rings. The van der Waals surface area contributed by atoms with Crippen LogP contribution in [0.1, 0.15) is 96.7 Å². The maximum Gasteiger partial charge on any atom is 0.416 e. The Morgan fingerprint density at radius 3 is 1.68 bits per heavy atom. The van der Waals surface area contributed by atoms with Gasteiger partial charge >= 0.3 is 17.9 Å². The number of ketones is 2. The van der Waals surface area contributed by atoms with Crippen LogP contribution in [0.5, 0.6) is 28.7 Å². The molecular formula is C88H114N8O32. The van der Waals surface area contributed by atoms with Crippen molar-refractivity contribution in [2.75, 3.05) is 182 Å². The number of nitrogens with zero attached hydrogens (tertiary/aromatic N) is 6. The zero-order valence-electron chi connectivity index (χ0n) is 72.4. The van der Waals surface area contributed by atoms with Crippen LogP contribution in [0.3, 0.4) is 0 Å². The molecule has 0 aliphatic carbocycles. The molecule has 6 N–H and O–H groups in total. The normalized spacial score (nSPS) is 19.4. The number of fused-ring (bicyclic) bond motifs is 4. The van der Waals surface area contributed by atoms with Crippen molar-refractivity contribution in [3.8, 4) is 28.7 Å². The number of hydrogen-bond donors (Lipinski definition) is 6. The molecule has 0 aromatic heterocycles. The number of hydrogen-bond acceptors (Lipinski definition) is 32. The van der Waals surface area contributed by atoms with Gasteiger partial charge in [-0.3, -0.25) is 58.3 Å². The van der Waals surface area contributed by atoms with Crippen LogP contribution in [0.2, 0.25) is 0 Å². The largest absolute Gasteiger partial charge is 0.493 e. The van der Waals surface area contributed by atoms with E-state index in [-0.39, 0.29) is 198 Å². The smallest absolute Gasteiger partial charge is 0.416 e. The number of nitro benzene ring substituents is 1. The van der Waals surface area contributed by atoms with Gasteiger partial charge in [-0.2, -0.15) is 0 Å². The zero-order valence-corrected chi connectivity index (χ0v) is 72.4. The summed E-state index contributed by atoms with van der Waals surface area (Å²) in [6.45, 7) is 18.0. The van der Waals surface area contributed by atoms with E-state index in [1.807, 2.05) is 13.8 Å². The number of anilines is 2. The topological polar surface area (TPSA) is 483 Å². The Bertz CT molecular complexity index is 4550. The lowest BCUT2D eigenvalue weighted by Crippen LogP contribution is -2.54. The van der Waals surface area contributed by atoms with E-state index in [2.05, 4.69) is 23.8 Å². The maximum absolute atomic E-state index is 14.5. The summed E-state index contributed by atoms with van der Waals surface area (Å²) >= 11 is 0. The highest BCUT2D eigenvalue weighted by Crippen LogP contribution is 2.44. The number of ether oxygens (including phenoxy) is 16. The molecule has 1 unspecified atom stereocenters. The van der Waals surface area contributed by atoms with Crippen molar-refractivity contribution in [3.05, 3.63) is 141 Å². The average molecular weight is 1800 g/mol. The molecule has 40 heteroatoms. The molecule has 3 saturated heterocycles. The number of carbonyl (C=O) groups excluding carboxylic acids is 10. The highest BCUT2D eigenvalue weighted by atomic mass is 16.7. The summed E-state index contributed by atoms with van der Waals surface area (Å²) in [6.07, 6.45) is -6.88. The Labute approximate surface area is 739 Å². The number of carbonyl (C=O) groups is 10. The number of Topliss-reactive ketones (excluding diaryl/α,β-unsaturated/α-hetero) is 2. The third-order valence-corrected chi connectivity index (χ3v) is 21.6. The Morgan fingerprint density at radius 1 is 0.586 bits per heavy atom. The third-order valence-electron chi connectivity index (χ3n) is 21.6. The van der Waals surface area contributed by atoms with Crippen LogP contribution in [-0.2, 0) is 101 Å². The number of amides is 8. The van der Waals surface area contributed by atoms with Gasteiger partial charge in [0, 0.05) is 94.6 Å². The van der Waals surface area contributed by atoms with Gasteiger partial charge in [0.2, 0.25) is 18.1 Å². The van der Waals surface area contributed by atoms with Gasteiger partial charge in [0.05, 0.1) is 192 Å².